The number of amides is 2. The van der Waals surface area contributed by atoms with Crippen LogP contribution in [0.2, 0.25) is 10.0 Å². The van der Waals surface area contributed by atoms with E-state index in [1.165, 1.54) is 11.8 Å². The van der Waals surface area contributed by atoms with Crippen LogP contribution in [0.15, 0.2) is 48.5 Å². The number of carbonyl (C=O) groups excluding carboxylic acids is 2. The maximum atomic E-state index is 12.9. The highest BCUT2D eigenvalue weighted by Gasteiger charge is 2.25. The van der Waals surface area contributed by atoms with Crippen LogP contribution in [0.4, 0.5) is 0 Å². The minimum Gasteiger partial charge on any atom is -0.355 e. The molecule has 4 nitrogen and oxygen atoms in total. The summed E-state index contributed by atoms with van der Waals surface area (Å²) in [6, 6.07) is 14.3. The van der Waals surface area contributed by atoms with Gasteiger partial charge in [-0.15, -0.1) is 11.8 Å². The van der Waals surface area contributed by atoms with E-state index in [0.29, 0.717) is 28.9 Å². The molecule has 0 aromatic heterocycles. The number of nitrogens with zero attached hydrogens (tertiary/aromatic N) is 1. The first-order valence-corrected chi connectivity index (χ1v) is 11.0. The van der Waals surface area contributed by atoms with Gasteiger partial charge in [-0.3, -0.25) is 9.59 Å². The fraction of sp³-hybridized carbons (Fsp3) is 0.333. The number of hydrogen-bond donors (Lipinski definition) is 1. The van der Waals surface area contributed by atoms with Crippen molar-refractivity contribution in [1.82, 2.24) is 10.2 Å². The molecule has 0 bridgehead atoms. The first-order valence-electron chi connectivity index (χ1n) is 9.04. The molecule has 0 saturated heterocycles. The van der Waals surface area contributed by atoms with Crippen molar-refractivity contribution in [2.75, 3.05) is 12.3 Å². The van der Waals surface area contributed by atoms with Gasteiger partial charge in [-0.1, -0.05) is 47.5 Å². The van der Waals surface area contributed by atoms with Gasteiger partial charge in [-0.2, -0.15) is 0 Å². The Labute approximate surface area is 180 Å². The molecule has 2 rings (SSSR count). The first kappa shape index (κ1) is 22.6. The molecule has 0 heterocycles. The van der Waals surface area contributed by atoms with E-state index in [-0.39, 0.29) is 17.6 Å². The summed E-state index contributed by atoms with van der Waals surface area (Å²) in [5.41, 5.74) is 1.99. The Morgan fingerprint density at radius 2 is 1.79 bits per heavy atom. The predicted octanol–water partition coefficient (Wildman–Crippen LogP) is 4.78. The van der Waals surface area contributed by atoms with E-state index in [0.717, 1.165) is 11.1 Å². The van der Waals surface area contributed by atoms with Gasteiger partial charge >= 0.3 is 0 Å². The summed E-state index contributed by atoms with van der Waals surface area (Å²) in [7, 11) is 0. The third-order valence-electron chi connectivity index (χ3n) is 4.17. The second kappa shape index (κ2) is 11.3. The second-order valence-corrected chi connectivity index (χ2v) is 8.20. The molecule has 150 valence electrons. The van der Waals surface area contributed by atoms with Gasteiger partial charge in [0.25, 0.3) is 0 Å². The van der Waals surface area contributed by atoms with Gasteiger partial charge < -0.3 is 10.2 Å². The van der Waals surface area contributed by atoms with Gasteiger partial charge in [0.15, 0.2) is 0 Å². The number of carbonyl (C=O) groups is 2. The predicted molar refractivity (Wildman–Crippen MR) is 118 cm³/mol. The summed E-state index contributed by atoms with van der Waals surface area (Å²) in [6.07, 6.45) is 0. The quantitative estimate of drug-likeness (QED) is 0.612. The monoisotopic (exact) mass is 438 g/mol. The molecule has 0 saturated carbocycles. The number of likely N-dealkylation sites (N-methyl/N-ethyl adjacent to an activating group) is 1. The van der Waals surface area contributed by atoms with Crippen molar-refractivity contribution in [3.8, 4) is 0 Å². The Morgan fingerprint density at radius 3 is 2.43 bits per heavy atom. The molecule has 2 amide bonds. The summed E-state index contributed by atoms with van der Waals surface area (Å²) in [4.78, 5) is 26.8. The summed E-state index contributed by atoms with van der Waals surface area (Å²) < 4.78 is 0. The molecule has 0 radical (unpaired) electrons. The third kappa shape index (κ3) is 7.04. The standard InChI is InChI=1S/C21H24Cl2N2O2S/c1-3-24-21(27)15(2)25(12-17-5-4-6-19(23)11-17)20(26)14-28-13-16-7-9-18(22)10-8-16/h4-11,15H,3,12-14H2,1-2H3,(H,24,27)/t15-/m0/s1. The third-order valence-corrected chi connectivity index (χ3v) is 5.64. The fourth-order valence-corrected chi connectivity index (χ4v) is 3.87. The number of thioether (sulfide) groups is 1. The number of nitrogens with one attached hydrogen (secondary N) is 1. The average molecular weight is 439 g/mol. The van der Waals surface area contributed by atoms with E-state index in [2.05, 4.69) is 5.32 Å². The van der Waals surface area contributed by atoms with Crippen molar-refractivity contribution in [2.24, 2.45) is 0 Å². The van der Waals surface area contributed by atoms with Crippen LogP contribution < -0.4 is 5.32 Å². The Bertz CT molecular complexity index is 799. The molecular formula is C21H24Cl2N2O2S. The molecule has 0 aliphatic rings. The second-order valence-electron chi connectivity index (χ2n) is 6.34. The number of halogens is 2. The molecule has 0 aliphatic heterocycles. The largest absolute Gasteiger partial charge is 0.355 e. The highest BCUT2D eigenvalue weighted by molar-refractivity contribution is 7.99. The SMILES string of the molecule is CCNC(=O)[C@H](C)N(Cc1cccc(Cl)c1)C(=O)CSCc1ccc(Cl)cc1. The average Bonchev–Trinajstić information content (AvgIpc) is 2.67. The van der Waals surface area contributed by atoms with Crippen LogP contribution in [0.5, 0.6) is 0 Å². The van der Waals surface area contributed by atoms with Crippen LogP contribution in [0.25, 0.3) is 0 Å². The van der Waals surface area contributed by atoms with Crippen molar-refractivity contribution in [3.63, 3.8) is 0 Å². The summed E-state index contributed by atoms with van der Waals surface area (Å²) in [5.74, 6) is 0.731. The Morgan fingerprint density at radius 1 is 1.07 bits per heavy atom. The highest BCUT2D eigenvalue weighted by Crippen LogP contribution is 2.19. The molecule has 0 unspecified atom stereocenters. The Hall–Kier alpha value is -1.69. The lowest BCUT2D eigenvalue weighted by Crippen LogP contribution is -2.48. The van der Waals surface area contributed by atoms with Crippen LogP contribution in [-0.4, -0.2) is 35.1 Å². The topological polar surface area (TPSA) is 49.4 Å². The lowest BCUT2D eigenvalue weighted by atomic mass is 10.1. The number of rotatable bonds is 9. The van der Waals surface area contributed by atoms with Crippen LogP contribution in [0.3, 0.4) is 0 Å². The zero-order chi connectivity index (χ0) is 20.5. The molecule has 1 atom stereocenters. The maximum Gasteiger partial charge on any atom is 0.242 e. The van der Waals surface area contributed by atoms with Crippen molar-refractivity contribution < 1.29 is 9.59 Å². The number of benzene rings is 2. The molecule has 1 N–H and O–H groups in total. The normalized spacial score (nSPS) is 11.7. The van der Waals surface area contributed by atoms with Gasteiger partial charge in [0, 0.05) is 28.9 Å². The van der Waals surface area contributed by atoms with Crippen molar-refractivity contribution >= 4 is 46.8 Å². The maximum absolute atomic E-state index is 12.9. The van der Waals surface area contributed by atoms with E-state index < -0.39 is 6.04 Å². The number of hydrogen-bond acceptors (Lipinski definition) is 3. The van der Waals surface area contributed by atoms with Gasteiger partial charge in [-0.05, 0) is 49.2 Å². The molecule has 28 heavy (non-hydrogen) atoms. The van der Waals surface area contributed by atoms with E-state index >= 15 is 0 Å². The molecule has 7 heteroatoms. The minimum absolute atomic E-state index is 0.0855. The van der Waals surface area contributed by atoms with Gasteiger partial charge in [-0.25, -0.2) is 0 Å². The molecule has 0 spiro atoms. The van der Waals surface area contributed by atoms with E-state index in [4.69, 9.17) is 23.2 Å². The zero-order valence-corrected chi connectivity index (χ0v) is 18.3. The van der Waals surface area contributed by atoms with Crippen molar-refractivity contribution in [1.29, 1.82) is 0 Å². The highest BCUT2D eigenvalue weighted by atomic mass is 35.5. The van der Waals surface area contributed by atoms with Crippen LogP contribution in [0, 0.1) is 0 Å². The fourth-order valence-electron chi connectivity index (χ4n) is 2.66. The van der Waals surface area contributed by atoms with Crippen molar-refractivity contribution in [3.05, 3.63) is 69.7 Å². The van der Waals surface area contributed by atoms with Gasteiger partial charge in [0.2, 0.25) is 11.8 Å². The van der Waals surface area contributed by atoms with Crippen molar-refractivity contribution in [2.45, 2.75) is 32.2 Å². The first-order chi connectivity index (χ1) is 13.4. The molecule has 0 aliphatic carbocycles. The molecule has 2 aromatic carbocycles. The molecule has 0 fully saturated rings. The minimum atomic E-state index is -0.567. The Balaban J connectivity index is 2.04. The summed E-state index contributed by atoms with van der Waals surface area (Å²) in [5, 5.41) is 4.08. The van der Waals surface area contributed by atoms with Gasteiger partial charge in [0.05, 0.1) is 5.75 Å². The van der Waals surface area contributed by atoms with E-state index in [1.807, 2.05) is 49.4 Å². The lowest BCUT2D eigenvalue weighted by Gasteiger charge is -2.28. The lowest BCUT2D eigenvalue weighted by molar-refractivity contribution is -0.138. The molecule has 2 aromatic rings. The summed E-state index contributed by atoms with van der Waals surface area (Å²) >= 11 is 13.5. The van der Waals surface area contributed by atoms with Crippen LogP contribution >= 0.6 is 35.0 Å². The smallest absolute Gasteiger partial charge is 0.242 e. The van der Waals surface area contributed by atoms with Gasteiger partial charge in [0.1, 0.15) is 6.04 Å². The Kier molecular flexibility index (Phi) is 9.16. The van der Waals surface area contributed by atoms with Crippen LogP contribution in [-0.2, 0) is 21.9 Å². The van der Waals surface area contributed by atoms with E-state index in [1.54, 1.807) is 17.9 Å². The molecular weight excluding hydrogens is 415 g/mol. The van der Waals surface area contributed by atoms with Crippen LogP contribution in [0.1, 0.15) is 25.0 Å². The summed E-state index contributed by atoms with van der Waals surface area (Å²) in [6.45, 7) is 4.46. The zero-order valence-electron chi connectivity index (χ0n) is 16.0. The van der Waals surface area contributed by atoms with E-state index in [9.17, 15) is 9.59 Å².